The van der Waals surface area contributed by atoms with E-state index in [0.717, 1.165) is 23.6 Å². The smallest absolute Gasteiger partial charge is 0.141 e. The van der Waals surface area contributed by atoms with E-state index >= 15 is 0 Å². The molecule has 0 radical (unpaired) electrons. The van der Waals surface area contributed by atoms with Crippen LogP contribution in [-0.4, -0.2) is 21.6 Å². The highest BCUT2D eigenvalue weighted by Gasteiger charge is 2.11. The van der Waals surface area contributed by atoms with Crippen LogP contribution in [0.5, 0.6) is 0 Å². The number of rotatable bonds is 3. The van der Waals surface area contributed by atoms with Gasteiger partial charge in [-0.3, -0.25) is 4.98 Å². The summed E-state index contributed by atoms with van der Waals surface area (Å²) in [5, 5.41) is 3.13. The third-order valence-electron chi connectivity index (χ3n) is 2.74. The number of aromatic nitrogens is 3. The SMILES string of the molecule is CNCc1nc(-c2cccnc2)n(C)c1C. The molecule has 84 valence electrons. The summed E-state index contributed by atoms with van der Waals surface area (Å²) < 4.78 is 2.10. The lowest BCUT2D eigenvalue weighted by molar-refractivity contribution is 0.783. The predicted octanol–water partition coefficient (Wildman–Crippen LogP) is 1.51. The van der Waals surface area contributed by atoms with Gasteiger partial charge >= 0.3 is 0 Å². The molecule has 0 saturated heterocycles. The standard InChI is InChI=1S/C12H16N4/c1-9-11(8-13-2)15-12(16(9)3)10-5-4-6-14-7-10/h4-7,13H,8H2,1-3H3. The fourth-order valence-electron chi connectivity index (χ4n) is 1.72. The van der Waals surface area contributed by atoms with Gasteiger partial charge in [0, 0.05) is 37.2 Å². The Bertz CT molecular complexity index is 473. The summed E-state index contributed by atoms with van der Waals surface area (Å²) in [4.78, 5) is 8.75. The topological polar surface area (TPSA) is 42.7 Å². The summed E-state index contributed by atoms with van der Waals surface area (Å²) in [5.41, 5.74) is 3.33. The summed E-state index contributed by atoms with van der Waals surface area (Å²) in [6.45, 7) is 2.87. The van der Waals surface area contributed by atoms with Crippen molar-refractivity contribution in [3.8, 4) is 11.4 Å². The number of imidazole rings is 1. The lowest BCUT2D eigenvalue weighted by atomic mass is 10.3. The van der Waals surface area contributed by atoms with Gasteiger partial charge in [0.1, 0.15) is 5.82 Å². The first-order chi connectivity index (χ1) is 7.74. The van der Waals surface area contributed by atoms with Crippen molar-refractivity contribution in [2.75, 3.05) is 7.05 Å². The lowest BCUT2D eigenvalue weighted by Crippen LogP contribution is -2.07. The number of pyridine rings is 1. The Balaban J connectivity index is 2.46. The van der Waals surface area contributed by atoms with E-state index in [9.17, 15) is 0 Å². The first-order valence-electron chi connectivity index (χ1n) is 5.31. The molecule has 2 aromatic rings. The predicted molar refractivity (Wildman–Crippen MR) is 63.9 cm³/mol. The molecule has 1 N–H and O–H groups in total. The number of hydrogen-bond donors (Lipinski definition) is 1. The molecule has 0 bridgehead atoms. The zero-order valence-electron chi connectivity index (χ0n) is 9.86. The number of nitrogens with zero attached hydrogens (tertiary/aromatic N) is 3. The van der Waals surface area contributed by atoms with Crippen LogP contribution in [0.4, 0.5) is 0 Å². The minimum Gasteiger partial charge on any atom is -0.331 e. The first kappa shape index (κ1) is 10.8. The van der Waals surface area contributed by atoms with Crippen LogP contribution >= 0.6 is 0 Å². The van der Waals surface area contributed by atoms with Crippen molar-refractivity contribution in [1.29, 1.82) is 0 Å². The van der Waals surface area contributed by atoms with Gasteiger partial charge in [0.25, 0.3) is 0 Å². The summed E-state index contributed by atoms with van der Waals surface area (Å²) >= 11 is 0. The first-order valence-corrected chi connectivity index (χ1v) is 5.31. The molecule has 0 aliphatic rings. The van der Waals surface area contributed by atoms with E-state index in [0.29, 0.717) is 0 Å². The van der Waals surface area contributed by atoms with Gasteiger partial charge in [-0.2, -0.15) is 0 Å². The molecule has 0 aromatic carbocycles. The van der Waals surface area contributed by atoms with Crippen LogP contribution in [0.15, 0.2) is 24.5 Å². The maximum atomic E-state index is 4.63. The highest BCUT2D eigenvalue weighted by molar-refractivity contribution is 5.55. The van der Waals surface area contributed by atoms with E-state index in [-0.39, 0.29) is 0 Å². The van der Waals surface area contributed by atoms with Gasteiger partial charge in [-0.15, -0.1) is 0 Å². The van der Waals surface area contributed by atoms with Gasteiger partial charge in [0.2, 0.25) is 0 Å². The molecule has 0 unspecified atom stereocenters. The van der Waals surface area contributed by atoms with E-state index in [4.69, 9.17) is 0 Å². The normalized spacial score (nSPS) is 10.7. The van der Waals surface area contributed by atoms with Gasteiger partial charge in [0.15, 0.2) is 0 Å². The Morgan fingerprint density at radius 3 is 2.88 bits per heavy atom. The number of hydrogen-bond acceptors (Lipinski definition) is 3. The molecule has 0 saturated carbocycles. The summed E-state index contributed by atoms with van der Waals surface area (Å²) in [5.74, 6) is 0.968. The molecule has 0 aliphatic carbocycles. The van der Waals surface area contributed by atoms with Crippen LogP contribution in [0.25, 0.3) is 11.4 Å². The number of nitrogens with one attached hydrogen (secondary N) is 1. The van der Waals surface area contributed by atoms with E-state index in [1.54, 1.807) is 6.20 Å². The van der Waals surface area contributed by atoms with Gasteiger partial charge in [0.05, 0.1) is 5.69 Å². The molecule has 4 heteroatoms. The van der Waals surface area contributed by atoms with Crippen molar-refractivity contribution in [1.82, 2.24) is 19.9 Å². The third kappa shape index (κ3) is 1.84. The van der Waals surface area contributed by atoms with Crippen molar-refractivity contribution in [2.45, 2.75) is 13.5 Å². The van der Waals surface area contributed by atoms with Crippen LogP contribution in [-0.2, 0) is 13.6 Å². The minimum atomic E-state index is 0.792. The molecule has 0 fully saturated rings. The zero-order valence-corrected chi connectivity index (χ0v) is 9.86. The molecule has 4 nitrogen and oxygen atoms in total. The van der Waals surface area contributed by atoms with Crippen molar-refractivity contribution in [2.24, 2.45) is 7.05 Å². The zero-order chi connectivity index (χ0) is 11.5. The van der Waals surface area contributed by atoms with Crippen molar-refractivity contribution >= 4 is 0 Å². The fourth-order valence-corrected chi connectivity index (χ4v) is 1.72. The van der Waals surface area contributed by atoms with Crippen LogP contribution in [0.1, 0.15) is 11.4 Å². The van der Waals surface area contributed by atoms with Gasteiger partial charge in [-0.25, -0.2) is 4.98 Å². The van der Waals surface area contributed by atoms with Crippen molar-refractivity contribution in [3.63, 3.8) is 0 Å². The second kappa shape index (κ2) is 4.45. The van der Waals surface area contributed by atoms with Gasteiger partial charge < -0.3 is 9.88 Å². The fraction of sp³-hybridized carbons (Fsp3) is 0.333. The van der Waals surface area contributed by atoms with Crippen LogP contribution in [0.2, 0.25) is 0 Å². The van der Waals surface area contributed by atoms with Crippen molar-refractivity contribution in [3.05, 3.63) is 35.9 Å². The van der Waals surface area contributed by atoms with Crippen LogP contribution in [0, 0.1) is 6.92 Å². The highest BCUT2D eigenvalue weighted by atomic mass is 15.1. The molecule has 2 heterocycles. The molecule has 2 rings (SSSR count). The Morgan fingerprint density at radius 2 is 2.25 bits per heavy atom. The second-order valence-electron chi connectivity index (χ2n) is 3.80. The van der Waals surface area contributed by atoms with Gasteiger partial charge in [-0.05, 0) is 26.1 Å². The molecule has 0 spiro atoms. The summed E-state index contributed by atoms with van der Waals surface area (Å²) in [6.07, 6.45) is 3.61. The van der Waals surface area contributed by atoms with E-state index < -0.39 is 0 Å². The second-order valence-corrected chi connectivity index (χ2v) is 3.80. The third-order valence-corrected chi connectivity index (χ3v) is 2.74. The van der Waals surface area contributed by atoms with E-state index in [2.05, 4.69) is 26.8 Å². The van der Waals surface area contributed by atoms with Crippen LogP contribution < -0.4 is 5.32 Å². The molecular weight excluding hydrogens is 200 g/mol. The lowest BCUT2D eigenvalue weighted by Gasteiger charge is -2.02. The summed E-state index contributed by atoms with van der Waals surface area (Å²) in [7, 11) is 3.96. The highest BCUT2D eigenvalue weighted by Crippen LogP contribution is 2.19. The largest absolute Gasteiger partial charge is 0.331 e. The molecular formula is C12H16N4. The Morgan fingerprint density at radius 1 is 1.44 bits per heavy atom. The minimum absolute atomic E-state index is 0.792. The molecule has 2 aromatic heterocycles. The monoisotopic (exact) mass is 216 g/mol. The Labute approximate surface area is 95.4 Å². The molecule has 0 aliphatic heterocycles. The maximum absolute atomic E-state index is 4.63. The Hall–Kier alpha value is -1.68. The quantitative estimate of drug-likeness (QED) is 0.845. The molecule has 0 amide bonds. The average Bonchev–Trinajstić information content (AvgIpc) is 2.59. The summed E-state index contributed by atoms with van der Waals surface area (Å²) in [6, 6.07) is 3.95. The van der Waals surface area contributed by atoms with Crippen LogP contribution in [0.3, 0.4) is 0 Å². The average molecular weight is 216 g/mol. The van der Waals surface area contributed by atoms with E-state index in [1.807, 2.05) is 32.4 Å². The van der Waals surface area contributed by atoms with E-state index in [1.165, 1.54) is 5.69 Å². The van der Waals surface area contributed by atoms with Crippen molar-refractivity contribution < 1.29 is 0 Å². The molecule has 16 heavy (non-hydrogen) atoms. The molecule has 0 atom stereocenters. The van der Waals surface area contributed by atoms with Gasteiger partial charge in [-0.1, -0.05) is 0 Å². The maximum Gasteiger partial charge on any atom is 0.141 e. The Kier molecular flexibility index (Phi) is 3.01.